The first-order valence-corrected chi connectivity index (χ1v) is 6.77. The number of fused-ring (bicyclic) bond motifs is 1. The SMILES string of the molecule is CN1CN([C@@H]2O[C@H](CO)[C@@H](O)[C@H]2S)c2ncnc(N)c21. The Bertz CT molecular complexity index is 519. The van der Waals surface area contributed by atoms with E-state index in [1.54, 1.807) is 0 Å². The number of nitrogens with zero attached hydrogens (tertiary/aromatic N) is 4. The Morgan fingerprint density at radius 1 is 1.55 bits per heavy atom. The first-order valence-electron chi connectivity index (χ1n) is 6.25. The van der Waals surface area contributed by atoms with Gasteiger partial charge in [-0.3, -0.25) is 0 Å². The van der Waals surface area contributed by atoms with E-state index < -0.39 is 23.7 Å². The van der Waals surface area contributed by atoms with Gasteiger partial charge >= 0.3 is 0 Å². The number of hydrogen-bond acceptors (Lipinski definition) is 9. The highest BCUT2D eigenvalue weighted by molar-refractivity contribution is 7.81. The molecule has 9 heteroatoms. The molecule has 8 nitrogen and oxygen atoms in total. The first-order chi connectivity index (χ1) is 9.54. The number of aliphatic hydroxyl groups excluding tert-OH is 2. The van der Waals surface area contributed by atoms with E-state index in [2.05, 4.69) is 22.6 Å². The van der Waals surface area contributed by atoms with Crippen molar-refractivity contribution >= 4 is 30.0 Å². The summed E-state index contributed by atoms with van der Waals surface area (Å²) in [5.41, 5.74) is 6.60. The lowest BCUT2D eigenvalue weighted by Gasteiger charge is -2.27. The number of thiol groups is 1. The lowest BCUT2D eigenvalue weighted by Crippen LogP contribution is -2.43. The minimum absolute atomic E-state index is 0.253. The van der Waals surface area contributed by atoms with E-state index in [0.29, 0.717) is 18.3 Å². The summed E-state index contributed by atoms with van der Waals surface area (Å²) in [6.07, 6.45) is -0.565. The monoisotopic (exact) mass is 299 g/mol. The molecule has 2 aliphatic rings. The van der Waals surface area contributed by atoms with Crippen LogP contribution in [0.2, 0.25) is 0 Å². The average Bonchev–Trinajstić information content (AvgIpc) is 2.90. The maximum Gasteiger partial charge on any atom is 0.161 e. The number of ether oxygens (including phenoxy) is 1. The van der Waals surface area contributed by atoms with E-state index in [-0.39, 0.29) is 6.61 Å². The third kappa shape index (κ3) is 1.89. The Hall–Kier alpha value is -1.29. The number of nitrogens with two attached hydrogens (primary N) is 1. The molecular formula is C11H17N5O3S. The zero-order valence-electron chi connectivity index (χ0n) is 10.9. The second kappa shape index (κ2) is 4.92. The van der Waals surface area contributed by atoms with E-state index in [1.165, 1.54) is 6.33 Å². The molecular weight excluding hydrogens is 282 g/mol. The number of anilines is 3. The van der Waals surface area contributed by atoms with Crippen LogP contribution in [0, 0.1) is 0 Å². The predicted molar refractivity (Wildman–Crippen MR) is 76.7 cm³/mol. The summed E-state index contributed by atoms with van der Waals surface area (Å²) in [5, 5.41) is 18.8. The molecule has 0 spiro atoms. The van der Waals surface area contributed by atoms with Crippen LogP contribution in [0.3, 0.4) is 0 Å². The predicted octanol–water partition coefficient (Wildman–Crippen LogP) is -1.35. The smallest absolute Gasteiger partial charge is 0.161 e. The summed E-state index contributed by atoms with van der Waals surface area (Å²) >= 11 is 4.40. The number of rotatable bonds is 2. The topological polar surface area (TPSA) is 108 Å². The van der Waals surface area contributed by atoms with E-state index >= 15 is 0 Å². The summed E-state index contributed by atoms with van der Waals surface area (Å²) in [5.74, 6) is 1.04. The molecule has 0 aromatic carbocycles. The third-order valence-corrected chi connectivity index (χ3v) is 4.23. The van der Waals surface area contributed by atoms with Gasteiger partial charge in [0, 0.05) is 7.05 Å². The summed E-state index contributed by atoms with van der Waals surface area (Å²) in [6, 6.07) is 0. The molecule has 1 aromatic heterocycles. The molecule has 20 heavy (non-hydrogen) atoms. The van der Waals surface area contributed by atoms with Crippen LogP contribution in [0.1, 0.15) is 0 Å². The molecule has 2 aliphatic heterocycles. The third-order valence-electron chi connectivity index (χ3n) is 3.67. The number of hydrogen-bond donors (Lipinski definition) is 4. The molecule has 110 valence electrons. The molecule has 3 rings (SSSR count). The van der Waals surface area contributed by atoms with Crippen molar-refractivity contribution in [2.45, 2.75) is 23.7 Å². The van der Waals surface area contributed by atoms with Crippen molar-refractivity contribution in [2.75, 3.05) is 35.9 Å². The van der Waals surface area contributed by atoms with E-state index in [1.807, 2.05) is 16.8 Å². The Balaban J connectivity index is 1.93. The standard InChI is InChI=1S/C11H17N5O3S/c1-15-4-16(10-6(15)9(12)13-3-14-10)11-8(20)7(18)5(2-17)19-11/h3,5,7-8,11,17-18,20H,2,4H2,1H3,(H2,12,13,14)/t5-,7-,8-,11-/m1/s1. The van der Waals surface area contributed by atoms with Gasteiger partial charge in [0.05, 0.1) is 24.6 Å². The number of aromatic nitrogens is 2. The van der Waals surface area contributed by atoms with Gasteiger partial charge in [-0.15, -0.1) is 0 Å². The van der Waals surface area contributed by atoms with Gasteiger partial charge in [-0.25, -0.2) is 9.97 Å². The van der Waals surface area contributed by atoms with Gasteiger partial charge in [-0.1, -0.05) is 0 Å². The van der Waals surface area contributed by atoms with Crippen molar-refractivity contribution in [3.63, 3.8) is 0 Å². The van der Waals surface area contributed by atoms with Crippen molar-refractivity contribution < 1.29 is 14.9 Å². The average molecular weight is 299 g/mol. The molecule has 1 aromatic rings. The Labute approximate surface area is 121 Å². The zero-order chi connectivity index (χ0) is 14.4. The normalized spacial score (nSPS) is 32.8. The van der Waals surface area contributed by atoms with Gasteiger partial charge in [-0.05, 0) is 0 Å². The molecule has 3 heterocycles. The highest BCUT2D eigenvalue weighted by atomic mass is 32.1. The van der Waals surface area contributed by atoms with Crippen LogP contribution >= 0.6 is 12.6 Å². The van der Waals surface area contributed by atoms with Crippen molar-refractivity contribution in [3.8, 4) is 0 Å². The van der Waals surface area contributed by atoms with E-state index in [9.17, 15) is 10.2 Å². The van der Waals surface area contributed by atoms with Gasteiger partial charge < -0.3 is 30.5 Å². The lowest BCUT2D eigenvalue weighted by molar-refractivity contribution is -0.0220. The summed E-state index contributed by atoms with van der Waals surface area (Å²) in [7, 11) is 1.88. The minimum atomic E-state index is -0.832. The van der Waals surface area contributed by atoms with E-state index in [4.69, 9.17) is 10.5 Å². The van der Waals surface area contributed by atoms with Gasteiger partial charge in [0.1, 0.15) is 24.3 Å². The fourth-order valence-corrected chi connectivity index (χ4v) is 3.09. The number of nitrogen functional groups attached to an aromatic ring is 1. The Kier molecular flexibility index (Phi) is 3.36. The van der Waals surface area contributed by atoms with Crippen LogP contribution in [0.4, 0.5) is 17.3 Å². The molecule has 4 atom stereocenters. The molecule has 0 amide bonds. The Morgan fingerprint density at radius 3 is 2.95 bits per heavy atom. The van der Waals surface area contributed by atoms with Crippen molar-refractivity contribution in [2.24, 2.45) is 0 Å². The van der Waals surface area contributed by atoms with Crippen LogP contribution in [0.5, 0.6) is 0 Å². The van der Waals surface area contributed by atoms with Crippen LogP contribution in [-0.2, 0) is 4.74 Å². The fraction of sp³-hybridized carbons (Fsp3) is 0.636. The zero-order valence-corrected chi connectivity index (χ0v) is 11.8. The number of aliphatic hydroxyl groups is 2. The minimum Gasteiger partial charge on any atom is -0.394 e. The summed E-state index contributed by atoms with van der Waals surface area (Å²) in [6.45, 7) is 0.252. The maximum absolute atomic E-state index is 10.00. The van der Waals surface area contributed by atoms with Crippen molar-refractivity contribution in [3.05, 3.63) is 6.33 Å². The quantitative estimate of drug-likeness (QED) is 0.497. The Morgan fingerprint density at radius 2 is 2.30 bits per heavy atom. The fourth-order valence-electron chi connectivity index (χ4n) is 2.66. The molecule has 0 bridgehead atoms. The van der Waals surface area contributed by atoms with Crippen LogP contribution in [0.15, 0.2) is 6.33 Å². The summed E-state index contributed by atoms with van der Waals surface area (Å²) < 4.78 is 5.69. The molecule has 0 unspecified atom stereocenters. The van der Waals surface area contributed by atoms with Crippen LogP contribution < -0.4 is 15.5 Å². The second-order valence-electron chi connectivity index (χ2n) is 4.97. The molecule has 4 N–H and O–H groups in total. The van der Waals surface area contributed by atoms with Crippen LogP contribution in [0.25, 0.3) is 0 Å². The first kappa shape index (κ1) is 13.7. The highest BCUT2D eigenvalue weighted by Gasteiger charge is 2.47. The molecule has 0 aliphatic carbocycles. The van der Waals surface area contributed by atoms with Gasteiger partial charge in [0.2, 0.25) is 0 Å². The molecule has 0 radical (unpaired) electrons. The molecule has 0 saturated carbocycles. The van der Waals surface area contributed by atoms with Crippen molar-refractivity contribution in [1.82, 2.24) is 9.97 Å². The largest absolute Gasteiger partial charge is 0.394 e. The second-order valence-corrected chi connectivity index (χ2v) is 5.57. The molecule has 1 saturated heterocycles. The van der Waals surface area contributed by atoms with Gasteiger partial charge in [-0.2, -0.15) is 12.6 Å². The van der Waals surface area contributed by atoms with Crippen molar-refractivity contribution in [1.29, 1.82) is 0 Å². The van der Waals surface area contributed by atoms with E-state index in [0.717, 1.165) is 5.69 Å². The lowest BCUT2D eigenvalue weighted by atomic mass is 10.2. The highest BCUT2D eigenvalue weighted by Crippen LogP contribution is 2.40. The maximum atomic E-state index is 10.00. The molecule has 1 fully saturated rings. The van der Waals surface area contributed by atoms with Crippen LogP contribution in [-0.4, -0.2) is 64.2 Å². The van der Waals surface area contributed by atoms with Gasteiger partial charge in [0.15, 0.2) is 11.6 Å². The summed E-state index contributed by atoms with van der Waals surface area (Å²) in [4.78, 5) is 12.0. The van der Waals surface area contributed by atoms with Gasteiger partial charge in [0.25, 0.3) is 0 Å².